The van der Waals surface area contributed by atoms with Gasteiger partial charge in [-0.2, -0.15) is 5.26 Å². The molecule has 0 bridgehead atoms. The van der Waals surface area contributed by atoms with Crippen molar-refractivity contribution in [3.05, 3.63) is 28.5 Å². The van der Waals surface area contributed by atoms with Gasteiger partial charge in [-0.3, -0.25) is 0 Å². The van der Waals surface area contributed by atoms with Crippen molar-refractivity contribution in [1.29, 1.82) is 5.26 Å². The molecule has 64 valence electrons. The summed E-state index contributed by atoms with van der Waals surface area (Å²) in [7, 11) is 0. The first kappa shape index (κ1) is 8.30. The van der Waals surface area contributed by atoms with Crippen molar-refractivity contribution in [1.82, 2.24) is 0 Å². The van der Waals surface area contributed by atoms with Crippen LogP contribution < -0.4 is 5.73 Å². The van der Waals surface area contributed by atoms with E-state index in [0.717, 1.165) is 4.88 Å². The summed E-state index contributed by atoms with van der Waals surface area (Å²) in [6, 6.07) is 7.94. The molecule has 2 nitrogen and oxygen atoms in total. The van der Waals surface area contributed by atoms with E-state index in [9.17, 15) is 0 Å². The van der Waals surface area contributed by atoms with E-state index in [0.29, 0.717) is 10.6 Å². The molecule has 0 saturated carbocycles. The third-order valence-corrected chi connectivity index (χ3v) is 3.75. The first-order chi connectivity index (χ1) is 6.31. The zero-order valence-corrected chi connectivity index (χ0v) is 8.28. The molecule has 2 rings (SSSR count). The SMILES string of the molecule is N#Cc1sc(-c2cccs2)cc1N. The summed E-state index contributed by atoms with van der Waals surface area (Å²) in [4.78, 5) is 2.84. The summed E-state index contributed by atoms with van der Waals surface area (Å²) in [6.45, 7) is 0. The molecular weight excluding hydrogens is 200 g/mol. The normalized spacial score (nSPS) is 9.77. The van der Waals surface area contributed by atoms with Crippen LogP contribution in [0, 0.1) is 11.3 Å². The Labute approximate surface area is 83.9 Å². The van der Waals surface area contributed by atoms with Crippen LogP contribution in [0.25, 0.3) is 9.75 Å². The van der Waals surface area contributed by atoms with Gasteiger partial charge in [0.15, 0.2) is 0 Å². The number of nitrogens with two attached hydrogens (primary N) is 1. The fourth-order valence-electron chi connectivity index (χ4n) is 1.03. The molecule has 0 aliphatic rings. The Balaban J connectivity index is 2.50. The van der Waals surface area contributed by atoms with Crippen LogP contribution in [0.3, 0.4) is 0 Å². The Morgan fingerprint density at radius 3 is 2.77 bits per heavy atom. The Bertz CT molecular complexity index is 448. The van der Waals surface area contributed by atoms with Crippen molar-refractivity contribution in [3.63, 3.8) is 0 Å². The molecule has 0 saturated heterocycles. The van der Waals surface area contributed by atoms with Gasteiger partial charge in [-0.1, -0.05) is 6.07 Å². The molecular formula is C9H6N2S2. The third-order valence-electron chi connectivity index (χ3n) is 1.63. The fourth-order valence-corrected chi connectivity index (χ4v) is 2.73. The van der Waals surface area contributed by atoms with Crippen molar-refractivity contribution < 1.29 is 0 Å². The highest BCUT2D eigenvalue weighted by Crippen LogP contribution is 2.34. The Kier molecular flexibility index (Phi) is 2.05. The Hall–Kier alpha value is -1.31. The van der Waals surface area contributed by atoms with E-state index >= 15 is 0 Å². The molecule has 0 aliphatic carbocycles. The minimum Gasteiger partial charge on any atom is -0.397 e. The van der Waals surface area contributed by atoms with Gasteiger partial charge in [-0.05, 0) is 17.5 Å². The van der Waals surface area contributed by atoms with Gasteiger partial charge in [0.05, 0.1) is 5.69 Å². The van der Waals surface area contributed by atoms with E-state index in [1.54, 1.807) is 11.3 Å². The van der Waals surface area contributed by atoms with Gasteiger partial charge in [-0.25, -0.2) is 0 Å². The molecule has 4 heteroatoms. The lowest BCUT2D eigenvalue weighted by atomic mass is 10.3. The smallest absolute Gasteiger partial charge is 0.128 e. The van der Waals surface area contributed by atoms with E-state index in [1.807, 2.05) is 23.6 Å². The maximum Gasteiger partial charge on any atom is 0.128 e. The topological polar surface area (TPSA) is 49.8 Å². The molecule has 0 amide bonds. The molecule has 13 heavy (non-hydrogen) atoms. The molecule has 0 aliphatic heterocycles. The van der Waals surface area contributed by atoms with Crippen molar-refractivity contribution in [2.75, 3.05) is 5.73 Å². The molecule has 0 unspecified atom stereocenters. The number of nitrogens with zero attached hydrogens (tertiary/aromatic N) is 1. The molecule has 2 aromatic rings. The standard InChI is InChI=1S/C9H6N2S2/c10-5-9-6(11)4-8(13-9)7-2-1-3-12-7/h1-4H,11H2. The van der Waals surface area contributed by atoms with E-state index in [4.69, 9.17) is 11.0 Å². The van der Waals surface area contributed by atoms with Gasteiger partial charge < -0.3 is 5.73 Å². The van der Waals surface area contributed by atoms with Gasteiger partial charge in [0.25, 0.3) is 0 Å². The summed E-state index contributed by atoms with van der Waals surface area (Å²) in [5.74, 6) is 0. The van der Waals surface area contributed by atoms with Crippen molar-refractivity contribution in [3.8, 4) is 15.8 Å². The van der Waals surface area contributed by atoms with Crippen LogP contribution >= 0.6 is 22.7 Å². The molecule has 2 heterocycles. The highest BCUT2D eigenvalue weighted by Gasteiger charge is 2.07. The first-order valence-corrected chi connectivity index (χ1v) is 5.34. The predicted molar refractivity (Wildman–Crippen MR) is 56.8 cm³/mol. The minimum absolute atomic E-state index is 0.580. The Morgan fingerprint density at radius 1 is 1.38 bits per heavy atom. The van der Waals surface area contributed by atoms with Gasteiger partial charge in [0, 0.05) is 9.75 Å². The van der Waals surface area contributed by atoms with Crippen molar-refractivity contribution in [2.24, 2.45) is 0 Å². The zero-order chi connectivity index (χ0) is 9.26. The lowest BCUT2D eigenvalue weighted by Gasteiger charge is -1.85. The van der Waals surface area contributed by atoms with Crippen LogP contribution in [-0.4, -0.2) is 0 Å². The zero-order valence-electron chi connectivity index (χ0n) is 6.65. The molecule has 2 aromatic heterocycles. The third kappa shape index (κ3) is 1.44. The molecule has 0 aromatic carbocycles. The minimum atomic E-state index is 0.580. The molecule has 0 atom stereocenters. The quantitative estimate of drug-likeness (QED) is 0.779. The second kappa shape index (κ2) is 3.21. The number of rotatable bonds is 1. The lowest BCUT2D eigenvalue weighted by Crippen LogP contribution is -1.81. The largest absolute Gasteiger partial charge is 0.397 e. The lowest BCUT2D eigenvalue weighted by molar-refractivity contribution is 1.52. The second-order valence-electron chi connectivity index (χ2n) is 2.48. The van der Waals surface area contributed by atoms with Crippen LogP contribution in [-0.2, 0) is 0 Å². The predicted octanol–water partition coefficient (Wildman–Crippen LogP) is 2.93. The molecule has 0 radical (unpaired) electrons. The summed E-state index contributed by atoms with van der Waals surface area (Å²) in [5.41, 5.74) is 6.23. The summed E-state index contributed by atoms with van der Waals surface area (Å²) >= 11 is 3.10. The number of anilines is 1. The van der Waals surface area contributed by atoms with Crippen LogP contribution in [0.15, 0.2) is 23.6 Å². The average Bonchev–Trinajstić information content (AvgIpc) is 2.71. The fraction of sp³-hybridized carbons (Fsp3) is 0. The molecule has 0 fully saturated rings. The van der Waals surface area contributed by atoms with E-state index < -0.39 is 0 Å². The maximum atomic E-state index is 8.71. The van der Waals surface area contributed by atoms with Crippen LogP contribution in [0.1, 0.15) is 4.88 Å². The van der Waals surface area contributed by atoms with Gasteiger partial charge in [0.1, 0.15) is 10.9 Å². The van der Waals surface area contributed by atoms with E-state index in [2.05, 4.69) is 6.07 Å². The van der Waals surface area contributed by atoms with E-state index in [-0.39, 0.29) is 0 Å². The molecule has 2 N–H and O–H groups in total. The number of hydrogen-bond acceptors (Lipinski definition) is 4. The van der Waals surface area contributed by atoms with Crippen LogP contribution in [0.2, 0.25) is 0 Å². The summed E-state index contributed by atoms with van der Waals surface area (Å²) < 4.78 is 0. The number of thiophene rings is 2. The van der Waals surface area contributed by atoms with Crippen LogP contribution in [0.5, 0.6) is 0 Å². The van der Waals surface area contributed by atoms with Crippen molar-refractivity contribution >= 4 is 28.4 Å². The van der Waals surface area contributed by atoms with Gasteiger partial charge in [-0.15, -0.1) is 22.7 Å². The maximum absolute atomic E-state index is 8.71. The van der Waals surface area contributed by atoms with Gasteiger partial charge in [0.2, 0.25) is 0 Å². The summed E-state index contributed by atoms with van der Waals surface area (Å²) in [6.07, 6.45) is 0. The first-order valence-electron chi connectivity index (χ1n) is 3.64. The van der Waals surface area contributed by atoms with Crippen LogP contribution in [0.4, 0.5) is 5.69 Å². The number of hydrogen-bond donors (Lipinski definition) is 1. The van der Waals surface area contributed by atoms with E-state index in [1.165, 1.54) is 16.2 Å². The summed E-state index contributed by atoms with van der Waals surface area (Å²) in [5, 5.41) is 10.7. The monoisotopic (exact) mass is 206 g/mol. The highest BCUT2D eigenvalue weighted by molar-refractivity contribution is 7.21. The average molecular weight is 206 g/mol. The second-order valence-corrected chi connectivity index (χ2v) is 4.48. The number of nitriles is 1. The highest BCUT2D eigenvalue weighted by atomic mass is 32.1. The molecule has 0 spiro atoms. The van der Waals surface area contributed by atoms with Gasteiger partial charge >= 0.3 is 0 Å². The van der Waals surface area contributed by atoms with Crippen molar-refractivity contribution in [2.45, 2.75) is 0 Å². The number of nitrogen functional groups attached to an aromatic ring is 1. The Morgan fingerprint density at radius 2 is 2.23 bits per heavy atom.